The average molecular weight is 525 g/mol. The molecule has 1 aromatic heterocycles. The van der Waals surface area contributed by atoms with Gasteiger partial charge >= 0.3 is 0 Å². The van der Waals surface area contributed by atoms with Gasteiger partial charge < -0.3 is 4.57 Å². The van der Waals surface area contributed by atoms with Gasteiger partial charge in [0.25, 0.3) is 0 Å². The Labute approximate surface area is 215 Å². The number of nitrogens with one attached hydrogen (secondary N) is 1. The van der Waals surface area contributed by atoms with Crippen LogP contribution >= 0.6 is 23.4 Å². The molecule has 0 saturated carbocycles. The van der Waals surface area contributed by atoms with Crippen molar-refractivity contribution < 1.29 is 8.42 Å². The molecule has 0 radical (unpaired) electrons. The Morgan fingerprint density at radius 2 is 1.57 bits per heavy atom. The molecule has 4 rings (SSSR count). The van der Waals surface area contributed by atoms with Crippen molar-refractivity contribution >= 4 is 33.4 Å². The zero-order valence-corrected chi connectivity index (χ0v) is 21.3. The van der Waals surface area contributed by atoms with Crippen molar-refractivity contribution in [3.05, 3.63) is 120 Å². The van der Waals surface area contributed by atoms with Crippen molar-refractivity contribution in [2.75, 3.05) is 5.75 Å². The molecule has 0 saturated heterocycles. The van der Waals surface area contributed by atoms with Crippen molar-refractivity contribution in [1.29, 1.82) is 0 Å². The van der Waals surface area contributed by atoms with Gasteiger partial charge in [-0.1, -0.05) is 90.1 Å². The van der Waals surface area contributed by atoms with Crippen LogP contribution in [0, 0.1) is 0 Å². The maximum Gasteiger partial charge on any atom is 0.241 e. The van der Waals surface area contributed by atoms with Crippen LogP contribution in [-0.2, 0) is 23.0 Å². The Balaban J connectivity index is 1.75. The summed E-state index contributed by atoms with van der Waals surface area (Å²) in [6.45, 7) is 4.31. The molecule has 4 aromatic rings. The van der Waals surface area contributed by atoms with Crippen LogP contribution in [0.1, 0.15) is 23.0 Å². The third-order valence-electron chi connectivity index (χ3n) is 5.27. The quantitative estimate of drug-likeness (QED) is 0.206. The molecule has 3 aromatic carbocycles. The first-order valence-electron chi connectivity index (χ1n) is 11.0. The second-order valence-corrected chi connectivity index (χ2v) is 11.0. The molecule has 9 heteroatoms. The fourth-order valence-corrected chi connectivity index (χ4v) is 5.62. The van der Waals surface area contributed by atoms with E-state index in [2.05, 4.69) is 21.5 Å². The minimum absolute atomic E-state index is 0.135. The molecule has 1 heterocycles. The van der Waals surface area contributed by atoms with Gasteiger partial charge in [0.05, 0.1) is 17.5 Å². The molecular formula is C26H25ClN4O2S2. The molecule has 0 fully saturated rings. The van der Waals surface area contributed by atoms with E-state index in [1.807, 2.05) is 65.2 Å². The predicted octanol–water partition coefficient (Wildman–Crippen LogP) is 5.52. The Kier molecular flexibility index (Phi) is 8.41. The zero-order chi connectivity index (χ0) is 24.7. The molecule has 0 aliphatic carbocycles. The number of hydrogen-bond acceptors (Lipinski definition) is 5. The van der Waals surface area contributed by atoms with Crippen LogP contribution in [-0.4, -0.2) is 28.9 Å². The van der Waals surface area contributed by atoms with E-state index in [-0.39, 0.29) is 4.90 Å². The average Bonchev–Trinajstić information content (AvgIpc) is 3.26. The molecule has 0 aliphatic heterocycles. The monoisotopic (exact) mass is 524 g/mol. The first-order chi connectivity index (χ1) is 17.0. The van der Waals surface area contributed by atoms with Crippen LogP contribution < -0.4 is 4.72 Å². The summed E-state index contributed by atoms with van der Waals surface area (Å²) in [6.07, 6.45) is 2.21. The van der Waals surface area contributed by atoms with Crippen LogP contribution in [0.5, 0.6) is 0 Å². The van der Waals surface area contributed by atoms with E-state index in [9.17, 15) is 8.42 Å². The second-order valence-electron chi connectivity index (χ2n) is 7.83. The normalized spacial score (nSPS) is 12.4. The standard InChI is InChI=1S/C26H25ClN4O2S2/c1-2-17-34-26-29-28-25(31(26)19-21-11-7-4-8-12-21)24(18-20-9-5-3-6-10-20)30-35(32,33)23-15-13-22(27)14-16-23/h2-16,24,30H,1,17-19H2/t24-/m1/s1. The lowest BCUT2D eigenvalue weighted by Gasteiger charge is -2.20. The van der Waals surface area contributed by atoms with Crippen LogP contribution in [0.25, 0.3) is 0 Å². The smallest absolute Gasteiger partial charge is 0.241 e. The number of thioether (sulfide) groups is 1. The highest BCUT2D eigenvalue weighted by Gasteiger charge is 2.27. The number of hydrogen-bond donors (Lipinski definition) is 1. The first kappa shape index (κ1) is 25.2. The van der Waals surface area contributed by atoms with Crippen LogP contribution in [0.2, 0.25) is 5.02 Å². The molecule has 1 atom stereocenters. The summed E-state index contributed by atoms with van der Waals surface area (Å²) in [5.74, 6) is 1.20. The molecule has 0 bridgehead atoms. The summed E-state index contributed by atoms with van der Waals surface area (Å²) in [5.41, 5.74) is 2.04. The summed E-state index contributed by atoms with van der Waals surface area (Å²) in [6, 6.07) is 25.1. The number of nitrogens with zero attached hydrogens (tertiary/aromatic N) is 3. The highest BCUT2D eigenvalue weighted by molar-refractivity contribution is 7.99. The van der Waals surface area contributed by atoms with Gasteiger partial charge in [0, 0.05) is 10.8 Å². The molecule has 0 aliphatic rings. The van der Waals surface area contributed by atoms with Crippen molar-refractivity contribution in [3.8, 4) is 0 Å². The maximum atomic E-state index is 13.3. The largest absolute Gasteiger partial charge is 0.300 e. The third-order valence-corrected chi connectivity index (χ3v) is 7.98. The van der Waals surface area contributed by atoms with Crippen molar-refractivity contribution in [3.63, 3.8) is 0 Å². The highest BCUT2D eigenvalue weighted by Crippen LogP contribution is 2.26. The Bertz CT molecular complexity index is 1360. The van der Waals surface area contributed by atoms with Crippen molar-refractivity contribution in [1.82, 2.24) is 19.5 Å². The van der Waals surface area contributed by atoms with E-state index in [0.29, 0.717) is 34.7 Å². The van der Waals surface area contributed by atoms with Crippen LogP contribution in [0.15, 0.2) is 108 Å². The van der Waals surface area contributed by atoms with Crippen molar-refractivity contribution in [2.45, 2.75) is 29.1 Å². The Morgan fingerprint density at radius 3 is 2.20 bits per heavy atom. The Hall–Kier alpha value is -2.91. The molecule has 0 unspecified atom stereocenters. The summed E-state index contributed by atoms with van der Waals surface area (Å²) in [7, 11) is -3.85. The van der Waals surface area contributed by atoms with Gasteiger partial charge in [0.15, 0.2) is 11.0 Å². The third kappa shape index (κ3) is 6.61. The van der Waals surface area contributed by atoms with Crippen molar-refractivity contribution in [2.24, 2.45) is 0 Å². The van der Waals surface area contributed by atoms with E-state index in [0.717, 1.165) is 11.1 Å². The summed E-state index contributed by atoms with van der Waals surface area (Å²) >= 11 is 7.47. The summed E-state index contributed by atoms with van der Waals surface area (Å²) in [4.78, 5) is 0.135. The molecule has 0 amide bonds. The van der Waals surface area contributed by atoms with Crippen LogP contribution in [0.4, 0.5) is 0 Å². The van der Waals surface area contributed by atoms with Gasteiger partial charge in [-0.15, -0.1) is 16.8 Å². The first-order valence-corrected chi connectivity index (χ1v) is 13.8. The van der Waals surface area contributed by atoms with E-state index < -0.39 is 16.1 Å². The highest BCUT2D eigenvalue weighted by atomic mass is 35.5. The summed E-state index contributed by atoms with van der Waals surface area (Å²) < 4.78 is 31.5. The molecule has 0 spiro atoms. The van der Waals surface area contributed by atoms with Gasteiger partial charge in [-0.2, -0.15) is 0 Å². The second kappa shape index (κ2) is 11.7. The molecule has 180 valence electrons. The fourth-order valence-electron chi connectivity index (χ4n) is 3.62. The molecule has 6 nitrogen and oxygen atoms in total. The molecule has 1 N–H and O–H groups in total. The predicted molar refractivity (Wildman–Crippen MR) is 141 cm³/mol. The van der Waals surface area contributed by atoms with Gasteiger partial charge in [0.2, 0.25) is 10.0 Å². The number of rotatable bonds is 11. The van der Waals surface area contributed by atoms with Gasteiger partial charge in [0.1, 0.15) is 0 Å². The van der Waals surface area contributed by atoms with E-state index in [1.165, 1.54) is 23.9 Å². The van der Waals surface area contributed by atoms with E-state index in [1.54, 1.807) is 18.2 Å². The number of sulfonamides is 1. The Morgan fingerprint density at radius 1 is 0.943 bits per heavy atom. The minimum Gasteiger partial charge on any atom is -0.300 e. The fraction of sp³-hybridized carbons (Fsp3) is 0.154. The number of benzene rings is 3. The minimum atomic E-state index is -3.85. The lowest BCUT2D eigenvalue weighted by molar-refractivity contribution is 0.522. The van der Waals surface area contributed by atoms with Gasteiger partial charge in [-0.25, -0.2) is 13.1 Å². The van der Waals surface area contributed by atoms with E-state index in [4.69, 9.17) is 11.6 Å². The number of halogens is 1. The number of aromatic nitrogens is 3. The SMILES string of the molecule is C=CCSc1nnc([C@@H](Cc2ccccc2)NS(=O)(=O)c2ccc(Cl)cc2)n1Cc1ccccc1. The summed E-state index contributed by atoms with van der Waals surface area (Å²) in [5, 5.41) is 10.0. The molecular weight excluding hydrogens is 500 g/mol. The lowest BCUT2D eigenvalue weighted by atomic mass is 10.1. The van der Waals surface area contributed by atoms with Gasteiger partial charge in [-0.3, -0.25) is 0 Å². The topological polar surface area (TPSA) is 76.9 Å². The van der Waals surface area contributed by atoms with E-state index >= 15 is 0 Å². The van der Waals surface area contributed by atoms with Gasteiger partial charge in [-0.05, 0) is 41.8 Å². The lowest BCUT2D eigenvalue weighted by Crippen LogP contribution is -2.32. The maximum absolute atomic E-state index is 13.3. The zero-order valence-electron chi connectivity index (χ0n) is 18.9. The molecule has 35 heavy (non-hydrogen) atoms. The van der Waals surface area contributed by atoms with Crippen LogP contribution in [0.3, 0.4) is 0 Å².